The summed E-state index contributed by atoms with van der Waals surface area (Å²) in [5, 5.41) is 2.54. The zero-order valence-corrected chi connectivity index (χ0v) is 14.0. The Morgan fingerprint density at radius 3 is 1.68 bits per heavy atom. The van der Waals surface area contributed by atoms with Gasteiger partial charge in [-0.3, -0.25) is 0 Å². The lowest BCUT2D eigenvalue weighted by atomic mass is 9.81. The highest BCUT2D eigenvalue weighted by molar-refractivity contribution is 7.78. The molecule has 0 aliphatic carbocycles. The van der Waals surface area contributed by atoms with Crippen LogP contribution >= 0.6 is 12.2 Å². The maximum absolute atomic E-state index is 4.82. The van der Waals surface area contributed by atoms with Crippen LogP contribution in [0, 0.1) is 0 Å². The minimum absolute atomic E-state index is 0.146. The Morgan fingerprint density at radius 1 is 1.00 bits per heavy atom. The van der Waals surface area contributed by atoms with Crippen LogP contribution in [0.3, 0.4) is 0 Å². The van der Waals surface area contributed by atoms with Gasteiger partial charge < -0.3 is 0 Å². The van der Waals surface area contributed by atoms with E-state index < -0.39 is 0 Å². The summed E-state index contributed by atoms with van der Waals surface area (Å²) in [5.41, 5.74) is 5.07. The first kappa shape index (κ1) is 16.1. The third-order valence-electron chi connectivity index (χ3n) is 3.44. The number of isothiocyanates is 1. The van der Waals surface area contributed by atoms with Gasteiger partial charge in [0.15, 0.2) is 0 Å². The van der Waals surface area contributed by atoms with E-state index in [2.05, 4.69) is 70.8 Å². The van der Waals surface area contributed by atoms with Crippen LogP contribution in [-0.2, 0) is 5.41 Å². The van der Waals surface area contributed by atoms with Gasteiger partial charge in [0.1, 0.15) is 0 Å². The molecule has 0 unspecified atom stereocenters. The molecule has 1 nitrogen and oxygen atoms in total. The molecule has 0 fully saturated rings. The molecule has 0 amide bonds. The molecular formula is C17H25NS. The van der Waals surface area contributed by atoms with Crippen LogP contribution in [0.15, 0.2) is 17.1 Å². The maximum atomic E-state index is 4.82. The molecule has 1 rings (SSSR count). The normalized spacial score (nSPS) is 11.8. The molecule has 0 bridgehead atoms. The fraction of sp³-hybridized carbons (Fsp3) is 0.588. The summed E-state index contributed by atoms with van der Waals surface area (Å²) in [5.74, 6) is 0.865. The number of aliphatic imine (C=N–C) groups is 1. The second-order valence-electron chi connectivity index (χ2n) is 6.77. The topological polar surface area (TPSA) is 12.4 Å². The van der Waals surface area contributed by atoms with E-state index in [1.54, 1.807) is 0 Å². The Balaban J connectivity index is 3.67. The molecule has 2 heteroatoms. The minimum atomic E-state index is 0.146. The highest BCUT2D eigenvalue weighted by Gasteiger charge is 2.21. The molecule has 104 valence electrons. The predicted molar refractivity (Wildman–Crippen MR) is 88.0 cm³/mol. The lowest BCUT2D eigenvalue weighted by Gasteiger charge is -2.25. The molecule has 0 aliphatic rings. The SMILES string of the molecule is CC(C)c1cc(C(C)(C)C)cc(C(C)C)c1N=C=S. The van der Waals surface area contributed by atoms with Crippen LogP contribution in [0.5, 0.6) is 0 Å². The lowest BCUT2D eigenvalue weighted by molar-refractivity contribution is 0.586. The summed E-state index contributed by atoms with van der Waals surface area (Å²) in [6.45, 7) is 15.6. The van der Waals surface area contributed by atoms with Crippen LogP contribution in [-0.4, -0.2) is 5.16 Å². The Morgan fingerprint density at radius 2 is 1.42 bits per heavy atom. The summed E-state index contributed by atoms with van der Waals surface area (Å²) in [6, 6.07) is 4.56. The molecule has 0 saturated carbocycles. The Labute approximate surface area is 123 Å². The van der Waals surface area contributed by atoms with Crippen LogP contribution in [0.1, 0.15) is 77.0 Å². The van der Waals surface area contributed by atoms with Gasteiger partial charge in [0, 0.05) is 0 Å². The van der Waals surface area contributed by atoms with E-state index in [4.69, 9.17) is 12.2 Å². The Bertz CT molecular complexity index is 471. The van der Waals surface area contributed by atoms with E-state index in [9.17, 15) is 0 Å². The van der Waals surface area contributed by atoms with Gasteiger partial charge in [-0.1, -0.05) is 60.6 Å². The molecule has 0 aromatic heterocycles. The third-order valence-corrected chi connectivity index (χ3v) is 3.53. The van der Waals surface area contributed by atoms with E-state index in [-0.39, 0.29) is 5.41 Å². The molecular weight excluding hydrogens is 250 g/mol. The van der Waals surface area contributed by atoms with Gasteiger partial charge >= 0.3 is 0 Å². The van der Waals surface area contributed by atoms with Gasteiger partial charge in [-0.2, -0.15) is 4.99 Å². The molecule has 1 aromatic carbocycles. The first-order valence-corrected chi connectivity index (χ1v) is 7.35. The third kappa shape index (κ3) is 3.75. The van der Waals surface area contributed by atoms with Gasteiger partial charge in [0.2, 0.25) is 0 Å². The Kier molecular flexibility index (Phi) is 5.06. The van der Waals surface area contributed by atoms with Gasteiger partial charge in [0.05, 0.1) is 10.8 Å². The number of hydrogen-bond donors (Lipinski definition) is 0. The monoisotopic (exact) mass is 275 g/mol. The summed E-state index contributed by atoms with van der Waals surface area (Å²) >= 11 is 4.82. The van der Waals surface area contributed by atoms with Crippen molar-refractivity contribution in [3.8, 4) is 0 Å². The van der Waals surface area contributed by atoms with Gasteiger partial charge in [-0.25, -0.2) is 0 Å². The van der Waals surface area contributed by atoms with Crippen LogP contribution in [0.25, 0.3) is 0 Å². The predicted octanol–water partition coefficient (Wildman–Crippen LogP) is 5.97. The highest BCUT2D eigenvalue weighted by Crippen LogP contribution is 2.38. The van der Waals surface area contributed by atoms with Crippen molar-refractivity contribution >= 4 is 23.1 Å². The second-order valence-corrected chi connectivity index (χ2v) is 6.95. The van der Waals surface area contributed by atoms with Gasteiger partial charge in [-0.05, 0) is 46.2 Å². The molecule has 1 aromatic rings. The van der Waals surface area contributed by atoms with Crippen molar-refractivity contribution in [3.05, 3.63) is 28.8 Å². The average molecular weight is 275 g/mol. The molecule has 0 N–H and O–H groups in total. The first-order valence-electron chi connectivity index (χ1n) is 6.94. The number of rotatable bonds is 3. The summed E-state index contributed by atoms with van der Waals surface area (Å²) in [6.07, 6.45) is 0. The van der Waals surface area contributed by atoms with Crippen molar-refractivity contribution in [2.45, 2.75) is 65.7 Å². The van der Waals surface area contributed by atoms with Crippen molar-refractivity contribution in [1.82, 2.24) is 0 Å². The summed E-state index contributed by atoms with van der Waals surface area (Å²) < 4.78 is 0. The van der Waals surface area contributed by atoms with Crippen molar-refractivity contribution in [2.24, 2.45) is 4.99 Å². The smallest absolute Gasteiger partial charge is 0.0808 e. The fourth-order valence-electron chi connectivity index (χ4n) is 2.17. The van der Waals surface area contributed by atoms with Gasteiger partial charge in [0.25, 0.3) is 0 Å². The highest BCUT2D eigenvalue weighted by atomic mass is 32.1. The fourth-order valence-corrected chi connectivity index (χ4v) is 2.26. The molecule has 19 heavy (non-hydrogen) atoms. The van der Waals surface area contributed by atoms with Crippen molar-refractivity contribution in [3.63, 3.8) is 0 Å². The number of benzene rings is 1. The van der Waals surface area contributed by atoms with E-state index >= 15 is 0 Å². The van der Waals surface area contributed by atoms with Gasteiger partial charge in [-0.15, -0.1) is 0 Å². The Hall–Kier alpha value is -0.980. The number of thiocarbonyl (C=S) groups is 1. The largest absolute Gasteiger partial charge is 0.194 e. The van der Waals surface area contributed by atoms with E-state index in [1.165, 1.54) is 16.7 Å². The quantitative estimate of drug-likeness (QED) is 0.489. The van der Waals surface area contributed by atoms with Crippen molar-refractivity contribution in [1.29, 1.82) is 0 Å². The van der Waals surface area contributed by atoms with Crippen LogP contribution < -0.4 is 0 Å². The summed E-state index contributed by atoms with van der Waals surface area (Å²) in [4.78, 5) is 4.34. The number of hydrogen-bond acceptors (Lipinski definition) is 2. The van der Waals surface area contributed by atoms with Crippen molar-refractivity contribution in [2.75, 3.05) is 0 Å². The molecule has 0 saturated heterocycles. The van der Waals surface area contributed by atoms with E-state index in [0.29, 0.717) is 11.8 Å². The first-order chi connectivity index (χ1) is 8.68. The zero-order chi connectivity index (χ0) is 14.8. The second kappa shape index (κ2) is 5.98. The lowest BCUT2D eigenvalue weighted by Crippen LogP contribution is -2.13. The zero-order valence-electron chi connectivity index (χ0n) is 13.2. The molecule has 0 atom stereocenters. The molecule has 0 aliphatic heterocycles. The maximum Gasteiger partial charge on any atom is 0.0808 e. The summed E-state index contributed by atoms with van der Waals surface area (Å²) in [7, 11) is 0. The van der Waals surface area contributed by atoms with Crippen LogP contribution in [0.4, 0.5) is 5.69 Å². The average Bonchev–Trinajstić information content (AvgIpc) is 2.27. The molecule has 0 spiro atoms. The van der Waals surface area contributed by atoms with E-state index in [1.807, 2.05) is 0 Å². The molecule has 0 heterocycles. The van der Waals surface area contributed by atoms with E-state index in [0.717, 1.165) is 5.69 Å². The standard InChI is InChI=1S/C17H25NS/c1-11(2)14-8-13(17(5,6)7)9-15(12(3)4)16(14)18-10-19/h8-9,11-12H,1-7H3. The minimum Gasteiger partial charge on any atom is -0.194 e. The molecule has 0 radical (unpaired) electrons. The van der Waals surface area contributed by atoms with Crippen LogP contribution in [0.2, 0.25) is 0 Å². The number of nitrogens with zero attached hydrogens (tertiary/aromatic N) is 1. The van der Waals surface area contributed by atoms with Crippen molar-refractivity contribution < 1.29 is 0 Å².